The second-order valence-electron chi connectivity index (χ2n) is 6.01. The molecule has 0 radical (unpaired) electrons. The highest BCUT2D eigenvalue weighted by Crippen LogP contribution is 2.34. The number of anilines is 2. The number of esters is 1. The predicted octanol–water partition coefficient (Wildman–Crippen LogP) is 4.37. The number of nitrogens with zero attached hydrogens (tertiary/aromatic N) is 1. The van der Waals surface area contributed by atoms with E-state index in [1.54, 1.807) is 24.3 Å². The zero-order valence-electron chi connectivity index (χ0n) is 16.0. The van der Waals surface area contributed by atoms with Crippen LogP contribution in [0.3, 0.4) is 0 Å². The number of hydrogen-bond acceptors (Lipinski definition) is 7. The van der Waals surface area contributed by atoms with Gasteiger partial charge in [0.25, 0.3) is 0 Å². The van der Waals surface area contributed by atoms with Crippen molar-refractivity contribution in [2.45, 2.75) is 13.3 Å². The molecule has 0 aliphatic rings. The molecular formula is C21H20N2O5S. The number of aromatic nitrogens is 1. The number of thiazole rings is 1. The fourth-order valence-electron chi connectivity index (χ4n) is 2.69. The molecule has 1 aromatic heterocycles. The molecule has 2 aromatic carbocycles. The van der Waals surface area contributed by atoms with Crippen molar-refractivity contribution < 1.29 is 24.2 Å². The summed E-state index contributed by atoms with van der Waals surface area (Å²) in [5, 5.41) is 13.0. The van der Waals surface area contributed by atoms with Gasteiger partial charge in [-0.3, -0.25) is 4.79 Å². The Hall–Kier alpha value is -3.39. The fraction of sp³-hybridized carbons (Fsp3) is 0.190. The van der Waals surface area contributed by atoms with E-state index < -0.39 is 11.9 Å². The number of carboxylic acids is 1. The van der Waals surface area contributed by atoms with Crippen molar-refractivity contribution in [1.82, 2.24) is 4.98 Å². The summed E-state index contributed by atoms with van der Waals surface area (Å²) in [7, 11) is 1.33. The number of rotatable bonds is 8. The van der Waals surface area contributed by atoms with Crippen LogP contribution in [0.4, 0.5) is 10.8 Å². The standard InChI is InChI=1S/C21H20N2O5S/c1-3-28-16-10-6-13(7-11-16)19-17(12-18(24)25)29-21(23-19)22-15-8-4-14(5-9-15)20(26)27-2/h4-11H,3,12H2,1-2H3,(H,22,23)(H,24,25). The Morgan fingerprint density at radius 3 is 2.38 bits per heavy atom. The third kappa shape index (κ3) is 5.11. The lowest BCUT2D eigenvalue weighted by Gasteiger charge is -2.05. The van der Waals surface area contributed by atoms with Gasteiger partial charge in [0.15, 0.2) is 5.13 Å². The lowest BCUT2D eigenvalue weighted by Crippen LogP contribution is -2.00. The first kappa shape index (κ1) is 20.3. The molecule has 3 rings (SSSR count). The third-order valence-corrected chi connectivity index (χ3v) is 4.98. The van der Waals surface area contributed by atoms with E-state index in [2.05, 4.69) is 15.0 Å². The van der Waals surface area contributed by atoms with Gasteiger partial charge >= 0.3 is 11.9 Å². The van der Waals surface area contributed by atoms with Gasteiger partial charge in [0, 0.05) is 16.1 Å². The SMILES string of the molecule is CCOc1ccc(-c2nc(Nc3ccc(C(=O)OC)cc3)sc2CC(=O)O)cc1. The van der Waals surface area contributed by atoms with Crippen molar-refractivity contribution in [2.75, 3.05) is 19.0 Å². The smallest absolute Gasteiger partial charge is 0.337 e. The molecule has 0 aliphatic carbocycles. The van der Waals surface area contributed by atoms with Gasteiger partial charge in [-0.25, -0.2) is 9.78 Å². The molecule has 8 heteroatoms. The Morgan fingerprint density at radius 2 is 1.79 bits per heavy atom. The van der Waals surface area contributed by atoms with E-state index in [1.165, 1.54) is 18.4 Å². The topological polar surface area (TPSA) is 97.8 Å². The number of carboxylic acid groups (broad SMARTS) is 1. The molecule has 7 nitrogen and oxygen atoms in total. The molecule has 2 N–H and O–H groups in total. The normalized spacial score (nSPS) is 10.4. The monoisotopic (exact) mass is 412 g/mol. The lowest BCUT2D eigenvalue weighted by molar-refractivity contribution is -0.136. The number of methoxy groups -OCH3 is 1. The van der Waals surface area contributed by atoms with E-state index >= 15 is 0 Å². The van der Waals surface area contributed by atoms with Crippen LogP contribution < -0.4 is 10.1 Å². The highest BCUT2D eigenvalue weighted by atomic mass is 32.1. The minimum absolute atomic E-state index is 0.122. The van der Waals surface area contributed by atoms with Crippen LogP contribution in [0.2, 0.25) is 0 Å². The number of carbonyl (C=O) groups excluding carboxylic acids is 1. The van der Waals surface area contributed by atoms with Gasteiger partial charge in [-0.15, -0.1) is 11.3 Å². The van der Waals surface area contributed by atoms with E-state index in [0.29, 0.717) is 27.9 Å². The molecule has 0 bridgehead atoms. The van der Waals surface area contributed by atoms with Gasteiger partial charge in [0.2, 0.25) is 0 Å². The Balaban J connectivity index is 1.86. The van der Waals surface area contributed by atoms with Gasteiger partial charge in [-0.1, -0.05) is 0 Å². The summed E-state index contributed by atoms with van der Waals surface area (Å²) in [5.41, 5.74) is 2.61. The first-order valence-electron chi connectivity index (χ1n) is 8.90. The van der Waals surface area contributed by atoms with Crippen LogP contribution in [-0.4, -0.2) is 35.7 Å². The van der Waals surface area contributed by atoms with Crippen LogP contribution in [0.15, 0.2) is 48.5 Å². The number of benzene rings is 2. The summed E-state index contributed by atoms with van der Waals surface area (Å²) in [5.74, 6) is -0.586. The van der Waals surface area contributed by atoms with Crippen LogP contribution in [0, 0.1) is 0 Å². The van der Waals surface area contributed by atoms with Crippen LogP contribution >= 0.6 is 11.3 Å². The molecule has 0 amide bonds. The van der Waals surface area contributed by atoms with Gasteiger partial charge in [0.05, 0.1) is 31.4 Å². The van der Waals surface area contributed by atoms with Gasteiger partial charge in [-0.05, 0) is 55.5 Å². The molecule has 29 heavy (non-hydrogen) atoms. The van der Waals surface area contributed by atoms with Crippen molar-refractivity contribution >= 4 is 34.1 Å². The van der Waals surface area contributed by atoms with Crippen LogP contribution in [0.25, 0.3) is 11.3 Å². The Labute approximate surface area is 171 Å². The zero-order chi connectivity index (χ0) is 20.8. The average Bonchev–Trinajstić information content (AvgIpc) is 3.10. The molecule has 0 spiro atoms. The lowest BCUT2D eigenvalue weighted by atomic mass is 10.1. The summed E-state index contributed by atoms with van der Waals surface area (Å²) in [6.45, 7) is 2.48. The molecule has 0 saturated heterocycles. The summed E-state index contributed by atoms with van der Waals surface area (Å²) in [6, 6.07) is 14.2. The first-order chi connectivity index (χ1) is 14.0. The van der Waals surface area contributed by atoms with Gasteiger partial charge in [-0.2, -0.15) is 0 Å². The largest absolute Gasteiger partial charge is 0.494 e. The Kier molecular flexibility index (Phi) is 6.46. The highest BCUT2D eigenvalue weighted by molar-refractivity contribution is 7.16. The van der Waals surface area contributed by atoms with E-state index in [0.717, 1.165) is 17.0 Å². The van der Waals surface area contributed by atoms with Crippen LogP contribution in [-0.2, 0) is 16.0 Å². The minimum Gasteiger partial charge on any atom is -0.494 e. The number of aliphatic carboxylic acids is 1. The number of carbonyl (C=O) groups is 2. The van der Waals surface area contributed by atoms with Crippen molar-refractivity contribution in [3.8, 4) is 17.0 Å². The van der Waals surface area contributed by atoms with E-state index in [9.17, 15) is 14.7 Å². The van der Waals surface area contributed by atoms with Gasteiger partial charge < -0.3 is 19.9 Å². The molecule has 3 aromatic rings. The zero-order valence-corrected chi connectivity index (χ0v) is 16.8. The third-order valence-electron chi connectivity index (χ3n) is 4.01. The van der Waals surface area contributed by atoms with Crippen molar-refractivity contribution in [1.29, 1.82) is 0 Å². The second kappa shape index (κ2) is 9.20. The van der Waals surface area contributed by atoms with E-state index in [-0.39, 0.29) is 6.42 Å². The molecular weight excluding hydrogens is 392 g/mol. The fourth-order valence-corrected chi connectivity index (χ4v) is 3.69. The summed E-state index contributed by atoms with van der Waals surface area (Å²) < 4.78 is 10.1. The van der Waals surface area contributed by atoms with Crippen molar-refractivity contribution in [2.24, 2.45) is 0 Å². The Bertz CT molecular complexity index is 997. The molecule has 0 aliphatic heterocycles. The quantitative estimate of drug-likeness (QED) is 0.530. The van der Waals surface area contributed by atoms with Crippen molar-refractivity contribution in [3.63, 3.8) is 0 Å². The van der Waals surface area contributed by atoms with E-state index in [4.69, 9.17) is 4.74 Å². The Morgan fingerprint density at radius 1 is 1.10 bits per heavy atom. The molecule has 0 fully saturated rings. The van der Waals surface area contributed by atoms with Gasteiger partial charge in [0.1, 0.15) is 5.75 Å². The maximum Gasteiger partial charge on any atom is 0.337 e. The van der Waals surface area contributed by atoms with Crippen molar-refractivity contribution in [3.05, 3.63) is 59.0 Å². The first-order valence-corrected chi connectivity index (χ1v) is 9.72. The van der Waals surface area contributed by atoms with Crippen LogP contribution in [0.1, 0.15) is 22.2 Å². The average molecular weight is 412 g/mol. The molecule has 0 unspecified atom stereocenters. The highest BCUT2D eigenvalue weighted by Gasteiger charge is 2.16. The molecule has 150 valence electrons. The summed E-state index contributed by atoms with van der Waals surface area (Å²) >= 11 is 1.28. The minimum atomic E-state index is -0.921. The summed E-state index contributed by atoms with van der Waals surface area (Å²) in [4.78, 5) is 28.1. The molecule has 1 heterocycles. The molecule has 0 saturated carbocycles. The maximum absolute atomic E-state index is 11.5. The summed E-state index contributed by atoms with van der Waals surface area (Å²) in [6.07, 6.45) is -0.122. The number of nitrogens with one attached hydrogen (secondary N) is 1. The van der Waals surface area contributed by atoms with Crippen LogP contribution in [0.5, 0.6) is 5.75 Å². The maximum atomic E-state index is 11.5. The van der Waals surface area contributed by atoms with E-state index in [1.807, 2.05) is 31.2 Å². The number of ether oxygens (including phenoxy) is 2. The second-order valence-corrected chi connectivity index (χ2v) is 7.10. The molecule has 0 atom stereocenters. The predicted molar refractivity (Wildman–Crippen MR) is 111 cm³/mol. The number of hydrogen-bond donors (Lipinski definition) is 2.